The van der Waals surface area contributed by atoms with Crippen LogP contribution in [0.15, 0.2) is 0 Å². The van der Waals surface area contributed by atoms with Crippen LogP contribution in [0.3, 0.4) is 0 Å². The average molecular weight is 170 g/mol. The van der Waals surface area contributed by atoms with Crippen LogP contribution in [0.1, 0.15) is 13.3 Å². The molecule has 0 aromatic rings. The highest BCUT2D eigenvalue weighted by molar-refractivity contribution is 4.93. The van der Waals surface area contributed by atoms with Crippen LogP contribution in [-0.2, 0) is 4.74 Å². The number of hydrogen-bond acceptors (Lipinski definition) is 3. The van der Waals surface area contributed by atoms with Crippen molar-refractivity contribution in [3.63, 3.8) is 0 Å². The molecule has 1 N–H and O–H groups in total. The van der Waals surface area contributed by atoms with E-state index in [9.17, 15) is 0 Å². The lowest BCUT2D eigenvalue weighted by Gasteiger charge is -2.47. The van der Waals surface area contributed by atoms with E-state index >= 15 is 0 Å². The number of nitrogens with zero attached hydrogens (tertiary/aromatic N) is 1. The third-order valence-electron chi connectivity index (χ3n) is 3.28. The van der Waals surface area contributed by atoms with Crippen LogP contribution in [0.4, 0.5) is 0 Å². The Balaban J connectivity index is 2.06. The van der Waals surface area contributed by atoms with Gasteiger partial charge in [0.25, 0.3) is 0 Å². The fourth-order valence-electron chi connectivity index (χ4n) is 2.20. The van der Waals surface area contributed by atoms with E-state index in [2.05, 4.69) is 24.2 Å². The van der Waals surface area contributed by atoms with Crippen molar-refractivity contribution in [3.8, 4) is 0 Å². The summed E-state index contributed by atoms with van der Waals surface area (Å²) in [5, 5.41) is 3.28. The van der Waals surface area contributed by atoms with Gasteiger partial charge < -0.3 is 9.64 Å². The van der Waals surface area contributed by atoms with Gasteiger partial charge in [0, 0.05) is 25.6 Å². The second-order valence-electron chi connectivity index (χ2n) is 4.26. The molecule has 12 heavy (non-hydrogen) atoms. The molecule has 0 bridgehead atoms. The number of hydrogen-bond donors (Lipinski definition) is 1. The Bertz CT molecular complexity index is 174. The first-order valence-electron chi connectivity index (χ1n) is 4.74. The third-order valence-corrected chi connectivity index (χ3v) is 3.28. The molecule has 0 aromatic heterocycles. The van der Waals surface area contributed by atoms with Crippen LogP contribution in [0.25, 0.3) is 0 Å². The first-order valence-corrected chi connectivity index (χ1v) is 4.74. The van der Waals surface area contributed by atoms with Crippen LogP contribution in [-0.4, -0.2) is 43.9 Å². The first-order chi connectivity index (χ1) is 5.71. The second-order valence-corrected chi connectivity index (χ2v) is 4.26. The second kappa shape index (κ2) is 2.98. The van der Waals surface area contributed by atoms with E-state index in [-0.39, 0.29) is 5.60 Å². The van der Waals surface area contributed by atoms with E-state index in [0.29, 0.717) is 5.92 Å². The molecule has 0 saturated carbocycles. The minimum atomic E-state index is 0.151. The maximum Gasteiger partial charge on any atom is 0.0973 e. The normalized spacial score (nSPS) is 44.0. The molecule has 2 atom stereocenters. The molecular formula is C9H18N2O. The molecule has 0 aromatic carbocycles. The molecule has 2 unspecified atom stereocenters. The topological polar surface area (TPSA) is 24.5 Å². The Labute approximate surface area is 74.1 Å². The largest absolute Gasteiger partial charge is 0.360 e. The average Bonchev–Trinajstić information content (AvgIpc) is 2.06. The van der Waals surface area contributed by atoms with Crippen LogP contribution >= 0.6 is 0 Å². The summed E-state index contributed by atoms with van der Waals surface area (Å²) in [7, 11) is 2.19. The highest BCUT2D eigenvalue weighted by Gasteiger charge is 2.40. The molecule has 2 rings (SSSR count). The van der Waals surface area contributed by atoms with Crippen molar-refractivity contribution in [1.29, 1.82) is 0 Å². The Morgan fingerprint density at radius 1 is 1.58 bits per heavy atom. The lowest BCUT2D eigenvalue weighted by molar-refractivity contribution is -0.139. The summed E-state index contributed by atoms with van der Waals surface area (Å²) >= 11 is 0. The van der Waals surface area contributed by atoms with Crippen molar-refractivity contribution in [2.24, 2.45) is 5.92 Å². The molecule has 2 heterocycles. The van der Waals surface area contributed by atoms with Crippen molar-refractivity contribution in [3.05, 3.63) is 0 Å². The standard InChI is InChI=1S/C9H18N2O/c1-9-3-4-11(2)6-8(9)5-10-7-12-9/h8,10H,3-7H2,1-2H3. The van der Waals surface area contributed by atoms with E-state index in [0.717, 1.165) is 13.3 Å². The van der Waals surface area contributed by atoms with Crippen LogP contribution in [0.5, 0.6) is 0 Å². The Kier molecular flexibility index (Phi) is 2.10. The van der Waals surface area contributed by atoms with Crippen molar-refractivity contribution in [2.75, 3.05) is 33.4 Å². The number of rotatable bonds is 0. The van der Waals surface area contributed by atoms with Gasteiger partial charge in [0.2, 0.25) is 0 Å². The zero-order valence-corrected chi connectivity index (χ0v) is 7.97. The summed E-state index contributed by atoms with van der Waals surface area (Å²) in [5.74, 6) is 0.671. The molecule has 0 spiro atoms. The van der Waals surface area contributed by atoms with Gasteiger partial charge in [-0.05, 0) is 20.4 Å². The van der Waals surface area contributed by atoms with E-state index in [1.54, 1.807) is 0 Å². The molecule has 2 aliphatic heterocycles. The molecule has 2 saturated heterocycles. The first kappa shape index (κ1) is 8.48. The molecular weight excluding hydrogens is 152 g/mol. The highest BCUT2D eigenvalue weighted by Crippen LogP contribution is 2.32. The van der Waals surface area contributed by atoms with Crippen LogP contribution in [0.2, 0.25) is 0 Å². The summed E-state index contributed by atoms with van der Waals surface area (Å²) in [6.45, 7) is 6.44. The molecule has 3 nitrogen and oxygen atoms in total. The Hall–Kier alpha value is -0.120. The SMILES string of the molecule is CN1CCC2(C)OCNCC2C1. The van der Waals surface area contributed by atoms with Crippen molar-refractivity contribution < 1.29 is 4.74 Å². The number of ether oxygens (including phenoxy) is 1. The molecule has 3 heteroatoms. The van der Waals surface area contributed by atoms with E-state index in [1.807, 2.05) is 0 Å². The van der Waals surface area contributed by atoms with Gasteiger partial charge in [-0.25, -0.2) is 0 Å². The molecule has 0 aliphatic carbocycles. The fourth-order valence-corrected chi connectivity index (χ4v) is 2.20. The maximum absolute atomic E-state index is 5.78. The summed E-state index contributed by atoms with van der Waals surface area (Å²) in [4.78, 5) is 2.39. The van der Waals surface area contributed by atoms with Crippen molar-refractivity contribution in [2.45, 2.75) is 18.9 Å². The third kappa shape index (κ3) is 1.37. The Morgan fingerprint density at radius 2 is 2.42 bits per heavy atom. The molecule has 0 radical (unpaired) electrons. The van der Waals surface area contributed by atoms with Gasteiger partial charge in [0.1, 0.15) is 0 Å². The summed E-state index contributed by atoms with van der Waals surface area (Å²) in [5.41, 5.74) is 0.151. The smallest absolute Gasteiger partial charge is 0.0973 e. The maximum atomic E-state index is 5.78. The van der Waals surface area contributed by atoms with Crippen molar-refractivity contribution >= 4 is 0 Å². The summed E-state index contributed by atoms with van der Waals surface area (Å²) in [6.07, 6.45) is 1.18. The van der Waals surface area contributed by atoms with E-state index in [1.165, 1.54) is 19.5 Å². The molecule has 70 valence electrons. The van der Waals surface area contributed by atoms with E-state index < -0.39 is 0 Å². The lowest BCUT2D eigenvalue weighted by atomic mass is 9.81. The van der Waals surface area contributed by atoms with Crippen LogP contribution in [0, 0.1) is 5.92 Å². The predicted molar refractivity (Wildman–Crippen MR) is 48.0 cm³/mol. The number of piperidine rings is 1. The minimum absolute atomic E-state index is 0.151. The number of likely N-dealkylation sites (tertiary alicyclic amines) is 1. The monoisotopic (exact) mass is 170 g/mol. The van der Waals surface area contributed by atoms with Gasteiger partial charge in [-0.1, -0.05) is 0 Å². The lowest BCUT2D eigenvalue weighted by Crippen LogP contribution is -2.58. The van der Waals surface area contributed by atoms with Crippen LogP contribution < -0.4 is 5.32 Å². The number of fused-ring (bicyclic) bond motifs is 1. The summed E-state index contributed by atoms with van der Waals surface area (Å²) < 4.78 is 5.78. The van der Waals surface area contributed by atoms with Gasteiger partial charge >= 0.3 is 0 Å². The minimum Gasteiger partial charge on any atom is -0.360 e. The number of nitrogens with one attached hydrogen (secondary N) is 1. The quantitative estimate of drug-likeness (QED) is 0.565. The van der Waals surface area contributed by atoms with Gasteiger partial charge in [0.05, 0.1) is 12.3 Å². The Morgan fingerprint density at radius 3 is 3.25 bits per heavy atom. The highest BCUT2D eigenvalue weighted by atomic mass is 16.5. The molecule has 2 fully saturated rings. The van der Waals surface area contributed by atoms with Crippen molar-refractivity contribution in [1.82, 2.24) is 10.2 Å². The summed E-state index contributed by atoms with van der Waals surface area (Å²) in [6, 6.07) is 0. The molecule has 0 amide bonds. The van der Waals surface area contributed by atoms with Gasteiger partial charge in [0.15, 0.2) is 0 Å². The predicted octanol–water partition coefficient (Wildman–Crippen LogP) is 0.274. The van der Waals surface area contributed by atoms with Gasteiger partial charge in [-0.3, -0.25) is 5.32 Å². The molecule has 2 aliphatic rings. The fraction of sp³-hybridized carbons (Fsp3) is 1.00. The zero-order valence-electron chi connectivity index (χ0n) is 7.97. The van der Waals surface area contributed by atoms with E-state index in [4.69, 9.17) is 4.74 Å². The zero-order chi connectivity index (χ0) is 8.60. The van der Waals surface area contributed by atoms with Gasteiger partial charge in [-0.15, -0.1) is 0 Å². The van der Waals surface area contributed by atoms with Gasteiger partial charge in [-0.2, -0.15) is 0 Å².